The maximum absolute atomic E-state index is 9.07. The number of nitrogens with zero attached hydrogens (tertiary/aromatic N) is 1. The van der Waals surface area contributed by atoms with E-state index in [1.165, 1.54) is 0 Å². The van der Waals surface area contributed by atoms with Crippen molar-refractivity contribution in [1.29, 1.82) is 5.26 Å². The predicted molar refractivity (Wildman–Crippen MR) is 74.1 cm³/mol. The molecule has 0 aliphatic rings. The zero-order chi connectivity index (χ0) is 13.0. The van der Waals surface area contributed by atoms with E-state index < -0.39 is 0 Å². The number of nitrogens with two attached hydrogens (primary N) is 1. The van der Waals surface area contributed by atoms with Crippen LogP contribution in [-0.4, -0.2) is 0 Å². The second-order valence-corrected chi connectivity index (χ2v) is 4.20. The maximum Gasteiger partial charge on any atom is 0.101 e. The van der Waals surface area contributed by atoms with E-state index >= 15 is 0 Å². The number of hydrogen-bond donors (Lipinski definition) is 2. The number of nitrogen functional groups attached to an aromatic ring is 1. The summed E-state index contributed by atoms with van der Waals surface area (Å²) in [6, 6.07) is 15.6. The molecule has 2 aromatic carbocycles. The summed E-state index contributed by atoms with van der Waals surface area (Å²) in [6.45, 7) is 2.67. The molecule has 2 rings (SSSR count). The maximum atomic E-state index is 9.07. The second kappa shape index (κ2) is 5.24. The number of para-hydroxylation sites is 1. The van der Waals surface area contributed by atoms with Crippen LogP contribution < -0.4 is 11.1 Å². The largest absolute Gasteiger partial charge is 0.399 e. The lowest BCUT2D eigenvalue weighted by Gasteiger charge is -2.11. The van der Waals surface area contributed by atoms with Gasteiger partial charge in [0.15, 0.2) is 0 Å². The van der Waals surface area contributed by atoms with Crippen molar-refractivity contribution < 1.29 is 0 Å². The molecule has 90 valence electrons. The number of rotatable bonds is 3. The Morgan fingerprint density at radius 3 is 2.56 bits per heavy atom. The second-order valence-electron chi connectivity index (χ2n) is 4.20. The first-order valence-corrected chi connectivity index (χ1v) is 5.78. The van der Waals surface area contributed by atoms with Gasteiger partial charge >= 0.3 is 0 Å². The van der Waals surface area contributed by atoms with Crippen molar-refractivity contribution in [2.45, 2.75) is 13.5 Å². The molecule has 0 radical (unpaired) electrons. The van der Waals surface area contributed by atoms with Crippen molar-refractivity contribution in [3.05, 3.63) is 59.2 Å². The van der Waals surface area contributed by atoms with Crippen molar-refractivity contribution in [2.24, 2.45) is 0 Å². The normalized spacial score (nSPS) is 9.78. The smallest absolute Gasteiger partial charge is 0.101 e. The van der Waals surface area contributed by atoms with Crippen LogP contribution in [0.1, 0.15) is 16.7 Å². The third kappa shape index (κ3) is 2.61. The minimum Gasteiger partial charge on any atom is -0.399 e. The van der Waals surface area contributed by atoms with Gasteiger partial charge in [-0.25, -0.2) is 0 Å². The van der Waals surface area contributed by atoms with E-state index in [4.69, 9.17) is 11.0 Å². The minimum absolute atomic E-state index is 0.672. The fraction of sp³-hybridized carbons (Fsp3) is 0.133. The van der Waals surface area contributed by atoms with Crippen molar-refractivity contribution in [3.8, 4) is 6.07 Å². The van der Waals surface area contributed by atoms with Gasteiger partial charge in [0, 0.05) is 12.2 Å². The summed E-state index contributed by atoms with van der Waals surface area (Å²) in [6.07, 6.45) is 0. The van der Waals surface area contributed by atoms with Gasteiger partial charge in [0.05, 0.1) is 11.3 Å². The molecule has 0 saturated heterocycles. The topological polar surface area (TPSA) is 61.8 Å². The Balaban J connectivity index is 2.16. The molecule has 2 aromatic rings. The number of benzene rings is 2. The Morgan fingerprint density at radius 1 is 1.17 bits per heavy atom. The van der Waals surface area contributed by atoms with Crippen molar-refractivity contribution in [3.63, 3.8) is 0 Å². The number of anilines is 2. The molecular weight excluding hydrogens is 222 g/mol. The van der Waals surface area contributed by atoms with Crippen LogP contribution in [0.15, 0.2) is 42.5 Å². The highest BCUT2D eigenvalue weighted by atomic mass is 14.9. The molecule has 0 aliphatic carbocycles. The molecule has 0 bridgehead atoms. The Hall–Kier alpha value is -2.47. The minimum atomic E-state index is 0.672. The first kappa shape index (κ1) is 12.0. The van der Waals surface area contributed by atoms with E-state index in [0.29, 0.717) is 12.1 Å². The van der Waals surface area contributed by atoms with Gasteiger partial charge in [-0.1, -0.05) is 24.3 Å². The first-order chi connectivity index (χ1) is 8.70. The molecule has 3 heteroatoms. The highest BCUT2D eigenvalue weighted by Crippen LogP contribution is 2.20. The molecule has 0 spiro atoms. The highest BCUT2D eigenvalue weighted by molar-refractivity contribution is 5.62. The first-order valence-electron chi connectivity index (χ1n) is 5.78. The van der Waals surface area contributed by atoms with Crippen molar-refractivity contribution >= 4 is 11.4 Å². The quantitative estimate of drug-likeness (QED) is 0.806. The molecule has 0 aromatic heterocycles. The molecule has 0 aliphatic heterocycles. The number of aryl methyl sites for hydroxylation is 1. The molecule has 0 unspecified atom stereocenters. The van der Waals surface area contributed by atoms with E-state index in [9.17, 15) is 0 Å². The van der Waals surface area contributed by atoms with Gasteiger partial charge in [-0.2, -0.15) is 5.26 Å². The lowest BCUT2D eigenvalue weighted by molar-refractivity contribution is 1.14. The molecule has 18 heavy (non-hydrogen) atoms. The van der Waals surface area contributed by atoms with Crippen LogP contribution in [0.25, 0.3) is 0 Å². The molecular formula is C15H15N3. The van der Waals surface area contributed by atoms with Crippen molar-refractivity contribution in [2.75, 3.05) is 11.1 Å². The Bertz CT molecular complexity index is 580. The highest BCUT2D eigenvalue weighted by Gasteiger charge is 2.04. The zero-order valence-corrected chi connectivity index (χ0v) is 10.3. The van der Waals surface area contributed by atoms with Crippen LogP contribution >= 0.6 is 0 Å². The van der Waals surface area contributed by atoms with Gasteiger partial charge < -0.3 is 11.1 Å². The predicted octanol–water partition coefficient (Wildman–Crippen LogP) is 3.06. The SMILES string of the molecule is Cc1cccc(C#N)c1NCc1ccc(N)cc1. The molecule has 0 amide bonds. The fourth-order valence-electron chi connectivity index (χ4n) is 1.82. The molecule has 3 N–H and O–H groups in total. The van der Waals surface area contributed by atoms with Gasteiger partial charge in [-0.05, 0) is 36.2 Å². The zero-order valence-electron chi connectivity index (χ0n) is 10.3. The van der Waals surface area contributed by atoms with Gasteiger partial charge in [-0.15, -0.1) is 0 Å². The van der Waals surface area contributed by atoms with E-state index in [2.05, 4.69) is 11.4 Å². The Morgan fingerprint density at radius 2 is 1.89 bits per heavy atom. The standard InChI is InChI=1S/C15H15N3/c1-11-3-2-4-13(9-16)15(11)18-10-12-5-7-14(17)8-6-12/h2-8,18H,10,17H2,1H3. The summed E-state index contributed by atoms with van der Waals surface area (Å²) in [4.78, 5) is 0. The van der Waals surface area contributed by atoms with E-state index in [1.54, 1.807) is 0 Å². The number of nitrogens with one attached hydrogen (secondary N) is 1. The summed E-state index contributed by atoms with van der Waals surface area (Å²) >= 11 is 0. The third-order valence-electron chi connectivity index (χ3n) is 2.84. The molecule has 0 fully saturated rings. The van der Waals surface area contributed by atoms with Crippen LogP contribution in [0.5, 0.6) is 0 Å². The summed E-state index contributed by atoms with van der Waals surface area (Å²) in [5.74, 6) is 0. The van der Waals surface area contributed by atoms with Crippen LogP contribution in [0, 0.1) is 18.3 Å². The Labute approximate surface area is 107 Å². The number of hydrogen-bond acceptors (Lipinski definition) is 3. The van der Waals surface area contributed by atoms with Crippen LogP contribution in [0.2, 0.25) is 0 Å². The van der Waals surface area contributed by atoms with Crippen molar-refractivity contribution in [1.82, 2.24) is 0 Å². The summed E-state index contributed by atoms with van der Waals surface area (Å²) in [5, 5.41) is 12.4. The summed E-state index contributed by atoms with van der Waals surface area (Å²) in [5.41, 5.74) is 10.2. The van der Waals surface area contributed by atoms with Gasteiger partial charge in [0.25, 0.3) is 0 Å². The average Bonchev–Trinajstić information content (AvgIpc) is 2.39. The summed E-state index contributed by atoms with van der Waals surface area (Å²) in [7, 11) is 0. The molecule has 0 saturated carbocycles. The Kier molecular flexibility index (Phi) is 3.49. The van der Waals surface area contributed by atoms with Gasteiger partial charge in [0.2, 0.25) is 0 Å². The van der Waals surface area contributed by atoms with Crippen LogP contribution in [-0.2, 0) is 6.54 Å². The fourth-order valence-corrected chi connectivity index (χ4v) is 1.82. The van der Waals surface area contributed by atoms with E-state index in [0.717, 1.165) is 22.5 Å². The molecule has 0 atom stereocenters. The van der Waals surface area contributed by atoms with Gasteiger partial charge in [-0.3, -0.25) is 0 Å². The van der Waals surface area contributed by atoms with Crippen LogP contribution in [0.4, 0.5) is 11.4 Å². The monoisotopic (exact) mass is 237 g/mol. The lowest BCUT2D eigenvalue weighted by Crippen LogP contribution is -2.03. The lowest BCUT2D eigenvalue weighted by atomic mass is 10.1. The third-order valence-corrected chi connectivity index (χ3v) is 2.84. The van der Waals surface area contributed by atoms with Gasteiger partial charge in [0.1, 0.15) is 6.07 Å². The molecule has 3 nitrogen and oxygen atoms in total. The summed E-state index contributed by atoms with van der Waals surface area (Å²) < 4.78 is 0. The molecule has 0 heterocycles. The van der Waals surface area contributed by atoms with E-state index in [1.807, 2.05) is 49.4 Å². The average molecular weight is 237 g/mol. The number of nitriles is 1. The van der Waals surface area contributed by atoms with E-state index in [-0.39, 0.29) is 0 Å². The van der Waals surface area contributed by atoms with Crippen LogP contribution in [0.3, 0.4) is 0 Å².